The Morgan fingerprint density at radius 3 is 2.59 bits per heavy atom. The van der Waals surface area contributed by atoms with Crippen LogP contribution in [0.1, 0.15) is 20.8 Å². The van der Waals surface area contributed by atoms with Gasteiger partial charge >= 0.3 is 5.97 Å². The van der Waals surface area contributed by atoms with Gasteiger partial charge in [0.25, 0.3) is 5.91 Å². The number of rotatable bonds is 5. The van der Waals surface area contributed by atoms with Crippen LogP contribution in [0, 0.1) is 6.92 Å². The van der Waals surface area contributed by atoms with Crippen LogP contribution >= 0.6 is 27.3 Å². The van der Waals surface area contributed by atoms with E-state index in [0.717, 1.165) is 14.9 Å². The highest BCUT2D eigenvalue weighted by molar-refractivity contribution is 9.11. The zero-order chi connectivity index (χ0) is 16.1. The number of halogens is 1. The molecule has 0 aliphatic heterocycles. The molecule has 1 amide bonds. The van der Waals surface area contributed by atoms with Crippen molar-refractivity contribution in [2.45, 2.75) is 13.5 Å². The summed E-state index contributed by atoms with van der Waals surface area (Å²) in [4.78, 5) is 25.9. The van der Waals surface area contributed by atoms with Gasteiger partial charge in [-0.25, -0.2) is 4.79 Å². The van der Waals surface area contributed by atoms with Crippen LogP contribution in [0.15, 0.2) is 40.2 Å². The minimum atomic E-state index is -0.478. The zero-order valence-corrected chi connectivity index (χ0v) is 14.7. The molecule has 0 radical (unpaired) electrons. The Bertz CT molecular complexity index is 684. The Kier molecular flexibility index (Phi) is 5.74. The molecule has 0 atom stereocenters. The number of amides is 1. The van der Waals surface area contributed by atoms with Crippen LogP contribution in [0.5, 0.6) is 0 Å². The normalized spacial score (nSPS) is 10.3. The van der Waals surface area contributed by atoms with Crippen molar-refractivity contribution in [3.63, 3.8) is 0 Å². The molecule has 0 saturated heterocycles. The molecule has 0 spiro atoms. The number of hydrogen-bond donors (Lipinski definition) is 0. The van der Waals surface area contributed by atoms with Crippen molar-refractivity contribution in [3.8, 4) is 0 Å². The second-order valence-electron chi connectivity index (χ2n) is 4.86. The first-order chi connectivity index (χ1) is 10.5. The fourth-order valence-corrected chi connectivity index (χ4v) is 3.14. The van der Waals surface area contributed by atoms with E-state index < -0.39 is 5.97 Å². The summed E-state index contributed by atoms with van der Waals surface area (Å²) in [6, 6.07) is 11.3. The predicted molar refractivity (Wildman–Crippen MR) is 90.0 cm³/mol. The molecule has 0 saturated carbocycles. The van der Waals surface area contributed by atoms with Gasteiger partial charge in [0.05, 0.1) is 3.79 Å². The van der Waals surface area contributed by atoms with E-state index in [9.17, 15) is 9.59 Å². The standard InChI is InChI=1S/C16H16BrNO3S/c1-11-5-3-4-6-12(11)9-18(2)15(19)10-21-16(20)13-7-8-14(17)22-13/h3-8H,9-10H2,1-2H3. The second-order valence-corrected chi connectivity index (χ2v) is 7.32. The van der Waals surface area contributed by atoms with Crippen molar-refractivity contribution in [2.75, 3.05) is 13.7 Å². The van der Waals surface area contributed by atoms with Crippen molar-refractivity contribution < 1.29 is 14.3 Å². The van der Waals surface area contributed by atoms with Gasteiger partial charge < -0.3 is 9.64 Å². The maximum atomic E-state index is 12.0. The highest BCUT2D eigenvalue weighted by Crippen LogP contribution is 2.22. The summed E-state index contributed by atoms with van der Waals surface area (Å²) in [7, 11) is 1.70. The average Bonchev–Trinajstić information content (AvgIpc) is 2.93. The lowest BCUT2D eigenvalue weighted by molar-refractivity contribution is -0.133. The number of esters is 1. The molecule has 1 aromatic carbocycles. The van der Waals surface area contributed by atoms with Crippen molar-refractivity contribution in [2.24, 2.45) is 0 Å². The maximum Gasteiger partial charge on any atom is 0.348 e. The molecule has 6 heteroatoms. The second kappa shape index (κ2) is 7.56. The van der Waals surface area contributed by atoms with Gasteiger partial charge in [-0.2, -0.15) is 0 Å². The molecule has 0 aliphatic carbocycles. The number of nitrogens with zero attached hydrogens (tertiary/aromatic N) is 1. The number of ether oxygens (including phenoxy) is 1. The fourth-order valence-electron chi connectivity index (χ4n) is 1.86. The maximum absolute atomic E-state index is 12.0. The lowest BCUT2D eigenvalue weighted by atomic mass is 10.1. The van der Waals surface area contributed by atoms with Crippen LogP contribution in [0.3, 0.4) is 0 Å². The third kappa shape index (κ3) is 4.42. The van der Waals surface area contributed by atoms with Crippen LogP contribution in [0.25, 0.3) is 0 Å². The summed E-state index contributed by atoms with van der Waals surface area (Å²) in [6.07, 6.45) is 0. The minimum absolute atomic E-state index is 0.229. The first-order valence-electron chi connectivity index (χ1n) is 6.68. The van der Waals surface area contributed by atoms with E-state index in [-0.39, 0.29) is 12.5 Å². The van der Waals surface area contributed by atoms with E-state index in [1.807, 2.05) is 31.2 Å². The molecule has 0 bridgehead atoms. The van der Waals surface area contributed by atoms with Crippen molar-refractivity contribution >= 4 is 39.1 Å². The van der Waals surface area contributed by atoms with Crippen LogP contribution < -0.4 is 0 Å². The first-order valence-corrected chi connectivity index (χ1v) is 8.29. The van der Waals surface area contributed by atoms with Gasteiger partial charge in [-0.05, 0) is 46.1 Å². The third-order valence-corrected chi connectivity index (χ3v) is 4.80. The molecule has 2 rings (SSSR count). The van der Waals surface area contributed by atoms with Gasteiger partial charge in [-0.15, -0.1) is 11.3 Å². The van der Waals surface area contributed by atoms with Crippen molar-refractivity contribution in [1.82, 2.24) is 4.90 Å². The van der Waals surface area contributed by atoms with E-state index in [1.54, 1.807) is 24.1 Å². The molecule has 0 aliphatic rings. The molecule has 0 fully saturated rings. The topological polar surface area (TPSA) is 46.6 Å². The lowest BCUT2D eigenvalue weighted by Crippen LogP contribution is -2.31. The average molecular weight is 382 g/mol. The number of likely N-dealkylation sites (N-methyl/N-ethyl adjacent to an activating group) is 1. The van der Waals surface area contributed by atoms with Gasteiger partial charge in [-0.1, -0.05) is 24.3 Å². The number of thiophene rings is 1. The summed E-state index contributed by atoms with van der Waals surface area (Å²) >= 11 is 4.56. The number of hydrogen-bond acceptors (Lipinski definition) is 4. The number of carbonyl (C=O) groups is 2. The zero-order valence-electron chi connectivity index (χ0n) is 12.3. The van der Waals surface area contributed by atoms with E-state index in [2.05, 4.69) is 15.9 Å². The Labute approximate surface area is 141 Å². The molecule has 22 heavy (non-hydrogen) atoms. The fraction of sp³-hybridized carbons (Fsp3) is 0.250. The number of benzene rings is 1. The van der Waals surface area contributed by atoms with E-state index in [1.165, 1.54) is 11.3 Å². The monoisotopic (exact) mass is 381 g/mol. The summed E-state index contributed by atoms with van der Waals surface area (Å²) < 4.78 is 5.90. The van der Waals surface area contributed by atoms with Crippen LogP contribution in [-0.4, -0.2) is 30.4 Å². The molecule has 0 unspecified atom stereocenters. The molecular weight excluding hydrogens is 366 g/mol. The van der Waals surface area contributed by atoms with E-state index in [0.29, 0.717) is 11.4 Å². The number of carbonyl (C=O) groups excluding carboxylic acids is 2. The summed E-state index contributed by atoms with van der Waals surface area (Å²) in [6.45, 7) is 2.24. The smallest absolute Gasteiger partial charge is 0.348 e. The Morgan fingerprint density at radius 2 is 1.95 bits per heavy atom. The van der Waals surface area contributed by atoms with Crippen molar-refractivity contribution in [3.05, 3.63) is 56.2 Å². The predicted octanol–water partition coefficient (Wildman–Crippen LogP) is 3.63. The minimum Gasteiger partial charge on any atom is -0.451 e. The molecule has 1 heterocycles. The van der Waals surface area contributed by atoms with Crippen LogP contribution in [-0.2, 0) is 16.1 Å². The quantitative estimate of drug-likeness (QED) is 0.742. The Hall–Kier alpha value is -1.66. The Balaban J connectivity index is 1.86. The molecule has 116 valence electrons. The van der Waals surface area contributed by atoms with E-state index >= 15 is 0 Å². The third-order valence-electron chi connectivity index (χ3n) is 3.20. The lowest BCUT2D eigenvalue weighted by Gasteiger charge is -2.18. The summed E-state index contributed by atoms with van der Waals surface area (Å²) in [5.41, 5.74) is 2.20. The molecule has 1 aromatic heterocycles. The SMILES string of the molecule is Cc1ccccc1CN(C)C(=O)COC(=O)c1ccc(Br)s1. The largest absolute Gasteiger partial charge is 0.451 e. The van der Waals surface area contributed by atoms with Gasteiger partial charge in [-0.3, -0.25) is 4.79 Å². The Morgan fingerprint density at radius 1 is 1.23 bits per heavy atom. The van der Waals surface area contributed by atoms with Crippen LogP contribution in [0.2, 0.25) is 0 Å². The van der Waals surface area contributed by atoms with Crippen molar-refractivity contribution in [1.29, 1.82) is 0 Å². The first kappa shape index (κ1) is 16.7. The molecular formula is C16H16BrNO3S. The molecule has 2 aromatic rings. The highest BCUT2D eigenvalue weighted by Gasteiger charge is 2.15. The molecule has 4 nitrogen and oxygen atoms in total. The molecule has 0 N–H and O–H groups in total. The van der Waals surface area contributed by atoms with Gasteiger partial charge in [0, 0.05) is 13.6 Å². The highest BCUT2D eigenvalue weighted by atomic mass is 79.9. The summed E-state index contributed by atoms with van der Waals surface area (Å²) in [5.74, 6) is -0.708. The van der Waals surface area contributed by atoms with Gasteiger partial charge in [0.1, 0.15) is 4.88 Å². The van der Waals surface area contributed by atoms with Gasteiger partial charge in [0.2, 0.25) is 0 Å². The number of aryl methyl sites for hydroxylation is 1. The summed E-state index contributed by atoms with van der Waals surface area (Å²) in [5, 5.41) is 0. The van der Waals surface area contributed by atoms with Gasteiger partial charge in [0.15, 0.2) is 6.61 Å². The van der Waals surface area contributed by atoms with E-state index in [4.69, 9.17) is 4.74 Å². The van der Waals surface area contributed by atoms with Crippen LogP contribution in [0.4, 0.5) is 0 Å².